The number of likely N-dealkylation sites (tertiary alicyclic amines) is 1. The van der Waals surface area contributed by atoms with Crippen LogP contribution in [0.5, 0.6) is 0 Å². The molecule has 0 saturated carbocycles. The molecule has 0 bridgehead atoms. The van der Waals surface area contributed by atoms with Gasteiger partial charge in [-0.3, -0.25) is 4.79 Å². The maximum absolute atomic E-state index is 12.6. The van der Waals surface area contributed by atoms with Crippen LogP contribution in [-0.2, 0) is 14.8 Å². The summed E-state index contributed by atoms with van der Waals surface area (Å²) in [5.41, 5.74) is 2.50. The minimum atomic E-state index is -3.60. The predicted octanol–water partition coefficient (Wildman–Crippen LogP) is 2.68. The SMILES string of the molecule is Cc1cc(C)c(S(=O)(=O)NCCC(=O)N2CCCCC2C)c(C)c1. The van der Waals surface area contributed by atoms with Gasteiger partial charge in [0, 0.05) is 25.6 Å². The van der Waals surface area contributed by atoms with Gasteiger partial charge >= 0.3 is 0 Å². The molecule has 134 valence electrons. The van der Waals surface area contributed by atoms with Crippen LogP contribution < -0.4 is 4.72 Å². The van der Waals surface area contributed by atoms with Crippen molar-refractivity contribution in [2.75, 3.05) is 13.1 Å². The van der Waals surface area contributed by atoms with Gasteiger partial charge in [-0.1, -0.05) is 17.7 Å². The topological polar surface area (TPSA) is 66.5 Å². The summed E-state index contributed by atoms with van der Waals surface area (Å²) in [5.74, 6) is 0.0299. The minimum Gasteiger partial charge on any atom is -0.340 e. The molecule has 1 aromatic carbocycles. The molecule has 1 unspecified atom stereocenters. The van der Waals surface area contributed by atoms with E-state index in [-0.39, 0.29) is 24.9 Å². The van der Waals surface area contributed by atoms with E-state index in [0.717, 1.165) is 42.5 Å². The Bertz CT molecular complexity index is 690. The molecule has 5 nitrogen and oxygen atoms in total. The zero-order chi connectivity index (χ0) is 17.9. The molecular weight excluding hydrogens is 324 g/mol. The first-order valence-corrected chi connectivity index (χ1v) is 10.1. The lowest BCUT2D eigenvalue weighted by atomic mass is 10.0. The van der Waals surface area contributed by atoms with Gasteiger partial charge in [0.15, 0.2) is 0 Å². The lowest BCUT2D eigenvalue weighted by Crippen LogP contribution is -2.43. The molecule has 0 radical (unpaired) electrons. The summed E-state index contributed by atoms with van der Waals surface area (Å²) >= 11 is 0. The van der Waals surface area contributed by atoms with Crippen LogP contribution >= 0.6 is 0 Å². The average molecular weight is 353 g/mol. The summed E-state index contributed by atoms with van der Waals surface area (Å²) in [5, 5.41) is 0. The number of nitrogens with zero attached hydrogens (tertiary/aromatic N) is 1. The van der Waals surface area contributed by atoms with E-state index in [1.807, 2.05) is 24.0 Å². The van der Waals surface area contributed by atoms with E-state index in [1.165, 1.54) is 0 Å². The minimum absolute atomic E-state index is 0.0299. The Kier molecular flexibility index (Phi) is 6.04. The smallest absolute Gasteiger partial charge is 0.241 e. The van der Waals surface area contributed by atoms with Crippen molar-refractivity contribution in [1.29, 1.82) is 0 Å². The van der Waals surface area contributed by atoms with E-state index in [2.05, 4.69) is 11.6 Å². The lowest BCUT2D eigenvalue weighted by molar-refractivity contribution is -0.134. The third-order valence-corrected chi connectivity index (χ3v) is 6.39. The van der Waals surface area contributed by atoms with E-state index >= 15 is 0 Å². The van der Waals surface area contributed by atoms with Crippen LogP contribution in [0.3, 0.4) is 0 Å². The molecule has 1 N–H and O–H groups in total. The van der Waals surface area contributed by atoms with Gasteiger partial charge in [0.2, 0.25) is 15.9 Å². The van der Waals surface area contributed by atoms with E-state index < -0.39 is 10.0 Å². The standard InChI is InChI=1S/C18H28N2O3S/c1-13-11-14(2)18(15(3)12-13)24(22,23)19-9-8-17(21)20-10-6-5-7-16(20)4/h11-12,16,19H,5-10H2,1-4H3. The van der Waals surface area contributed by atoms with Gasteiger partial charge in [0.05, 0.1) is 4.90 Å². The fraction of sp³-hybridized carbons (Fsp3) is 0.611. The number of benzene rings is 1. The quantitative estimate of drug-likeness (QED) is 0.886. The summed E-state index contributed by atoms with van der Waals surface area (Å²) in [6.07, 6.45) is 3.42. The molecule has 0 spiro atoms. The third-order valence-electron chi connectivity index (χ3n) is 4.63. The van der Waals surface area contributed by atoms with Crippen molar-refractivity contribution in [1.82, 2.24) is 9.62 Å². The van der Waals surface area contributed by atoms with Gasteiger partial charge in [0.1, 0.15) is 0 Å². The molecule has 1 fully saturated rings. The Morgan fingerprint density at radius 2 is 1.83 bits per heavy atom. The summed E-state index contributed by atoms with van der Waals surface area (Å²) < 4.78 is 27.7. The van der Waals surface area contributed by atoms with E-state index in [4.69, 9.17) is 0 Å². The molecule has 24 heavy (non-hydrogen) atoms. The number of hydrogen-bond acceptors (Lipinski definition) is 3. The lowest BCUT2D eigenvalue weighted by Gasteiger charge is -2.33. The van der Waals surface area contributed by atoms with Crippen LogP contribution in [0, 0.1) is 20.8 Å². The fourth-order valence-corrected chi connectivity index (χ4v) is 5.05. The maximum atomic E-state index is 12.6. The second-order valence-corrected chi connectivity index (χ2v) is 8.51. The molecular formula is C18H28N2O3S. The predicted molar refractivity (Wildman–Crippen MR) is 95.5 cm³/mol. The van der Waals surface area contributed by atoms with E-state index in [1.54, 1.807) is 13.8 Å². The maximum Gasteiger partial charge on any atom is 0.241 e. The van der Waals surface area contributed by atoms with Crippen molar-refractivity contribution in [2.45, 2.75) is 64.3 Å². The second kappa shape index (κ2) is 7.66. The van der Waals surface area contributed by atoms with Gasteiger partial charge < -0.3 is 4.90 Å². The van der Waals surface area contributed by atoms with Crippen molar-refractivity contribution in [3.8, 4) is 0 Å². The molecule has 1 aromatic rings. The van der Waals surface area contributed by atoms with Crippen molar-refractivity contribution in [3.05, 3.63) is 28.8 Å². The molecule has 1 saturated heterocycles. The first kappa shape index (κ1) is 18.9. The molecule has 6 heteroatoms. The summed E-state index contributed by atoms with van der Waals surface area (Å²) in [7, 11) is -3.60. The van der Waals surface area contributed by atoms with Gasteiger partial charge in [-0.05, 0) is 58.1 Å². The van der Waals surface area contributed by atoms with E-state index in [0.29, 0.717) is 4.90 Å². The van der Waals surface area contributed by atoms with Gasteiger partial charge in [0.25, 0.3) is 0 Å². The van der Waals surface area contributed by atoms with Gasteiger partial charge in [-0.15, -0.1) is 0 Å². The number of amides is 1. The van der Waals surface area contributed by atoms with Crippen molar-refractivity contribution >= 4 is 15.9 Å². The largest absolute Gasteiger partial charge is 0.340 e. The Balaban J connectivity index is 2.00. The monoisotopic (exact) mass is 352 g/mol. The number of carbonyl (C=O) groups is 1. The van der Waals surface area contributed by atoms with Crippen LogP contribution in [0.1, 0.15) is 49.3 Å². The Hall–Kier alpha value is -1.40. The zero-order valence-corrected chi connectivity index (χ0v) is 15.9. The van der Waals surface area contributed by atoms with Gasteiger partial charge in [-0.2, -0.15) is 0 Å². The molecule has 2 rings (SSSR count). The number of aryl methyl sites for hydroxylation is 3. The molecule has 1 amide bonds. The number of hydrogen-bond donors (Lipinski definition) is 1. The summed E-state index contributed by atoms with van der Waals surface area (Å²) in [6, 6.07) is 3.98. The van der Waals surface area contributed by atoms with E-state index in [9.17, 15) is 13.2 Å². The van der Waals surface area contributed by atoms with Crippen LogP contribution in [-0.4, -0.2) is 38.4 Å². The second-order valence-electron chi connectivity index (χ2n) is 6.81. The third kappa shape index (κ3) is 4.36. The van der Waals surface area contributed by atoms with Crippen molar-refractivity contribution in [3.63, 3.8) is 0 Å². The Morgan fingerprint density at radius 3 is 2.42 bits per heavy atom. The molecule has 1 aliphatic heterocycles. The highest BCUT2D eigenvalue weighted by Crippen LogP contribution is 2.22. The average Bonchev–Trinajstić information content (AvgIpc) is 2.45. The molecule has 1 aliphatic rings. The van der Waals surface area contributed by atoms with Crippen LogP contribution in [0.15, 0.2) is 17.0 Å². The molecule has 1 atom stereocenters. The number of nitrogens with one attached hydrogen (secondary N) is 1. The van der Waals surface area contributed by atoms with Crippen molar-refractivity contribution < 1.29 is 13.2 Å². The number of carbonyl (C=O) groups excluding carboxylic acids is 1. The number of rotatable bonds is 5. The zero-order valence-electron chi connectivity index (χ0n) is 15.1. The molecule has 0 aliphatic carbocycles. The van der Waals surface area contributed by atoms with Crippen LogP contribution in [0.2, 0.25) is 0 Å². The normalized spacial score (nSPS) is 18.7. The fourth-order valence-electron chi connectivity index (χ4n) is 3.57. The van der Waals surface area contributed by atoms with Crippen LogP contribution in [0.4, 0.5) is 0 Å². The highest BCUT2D eigenvalue weighted by atomic mass is 32.2. The van der Waals surface area contributed by atoms with Gasteiger partial charge in [-0.25, -0.2) is 13.1 Å². The summed E-state index contributed by atoms with van der Waals surface area (Å²) in [6.45, 7) is 8.52. The highest BCUT2D eigenvalue weighted by molar-refractivity contribution is 7.89. The Morgan fingerprint density at radius 1 is 1.21 bits per heavy atom. The molecule has 0 aromatic heterocycles. The van der Waals surface area contributed by atoms with Crippen LogP contribution in [0.25, 0.3) is 0 Å². The first-order valence-electron chi connectivity index (χ1n) is 8.59. The number of sulfonamides is 1. The first-order chi connectivity index (χ1) is 11.2. The highest BCUT2D eigenvalue weighted by Gasteiger charge is 2.24. The Labute approximate surface area is 145 Å². The molecule has 1 heterocycles. The van der Waals surface area contributed by atoms with Crippen molar-refractivity contribution in [2.24, 2.45) is 0 Å². The number of piperidine rings is 1. The summed E-state index contributed by atoms with van der Waals surface area (Å²) in [4.78, 5) is 14.5.